The maximum Gasteiger partial charge on any atom is 0.416 e. The third-order valence-corrected chi connectivity index (χ3v) is 4.30. The quantitative estimate of drug-likeness (QED) is 0.795. The van der Waals surface area contributed by atoms with Gasteiger partial charge in [0.1, 0.15) is 0 Å². The van der Waals surface area contributed by atoms with E-state index >= 15 is 0 Å². The van der Waals surface area contributed by atoms with Crippen LogP contribution in [0.2, 0.25) is 0 Å². The van der Waals surface area contributed by atoms with Crippen molar-refractivity contribution in [3.8, 4) is 0 Å². The number of carbonyl (C=O) groups excluding carboxylic acids is 1. The molecule has 1 saturated heterocycles. The molecule has 0 bridgehead atoms. The van der Waals surface area contributed by atoms with Gasteiger partial charge in [0, 0.05) is 19.5 Å². The third kappa shape index (κ3) is 4.24. The molecule has 22 heavy (non-hydrogen) atoms. The normalized spacial score (nSPS) is 16.8. The standard InChI is InChI=1S/C17H22F3NO/c1-2-3-4-16(22)21-11-9-14(10-12-21)13-5-7-15(8-6-13)17(18,19)20/h5-8,14H,2-4,9-12H2,1H3. The molecule has 0 N–H and O–H groups in total. The first kappa shape index (κ1) is 16.8. The van der Waals surface area contributed by atoms with Crippen molar-refractivity contribution in [3.63, 3.8) is 0 Å². The van der Waals surface area contributed by atoms with Gasteiger partial charge in [-0.05, 0) is 42.9 Å². The SMILES string of the molecule is CCCCC(=O)N1CCC(c2ccc(C(F)(F)F)cc2)CC1. The van der Waals surface area contributed by atoms with Gasteiger partial charge in [-0.3, -0.25) is 4.79 Å². The van der Waals surface area contributed by atoms with Gasteiger partial charge in [-0.1, -0.05) is 25.5 Å². The fourth-order valence-electron chi connectivity index (χ4n) is 2.89. The molecule has 1 heterocycles. The molecule has 1 aromatic rings. The zero-order chi connectivity index (χ0) is 16.2. The summed E-state index contributed by atoms with van der Waals surface area (Å²) < 4.78 is 37.7. The Bertz CT molecular complexity index is 488. The lowest BCUT2D eigenvalue weighted by Gasteiger charge is -2.32. The van der Waals surface area contributed by atoms with E-state index in [0.717, 1.165) is 43.4 Å². The Morgan fingerprint density at radius 1 is 1.18 bits per heavy atom. The van der Waals surface area contributed by atoms with Crippen LogP contribution in [0.1, 0.15) is 56.1 Å². The van der Waals surface area contributed by atoms with Gasteiger partial charge in [0.05, 0.1) is 5.56 Å². The zero-order valence-electron chi connectivity index (χ0n) is 12.8. The minimum Gasteiger partial charge on any atom is -0.343 e. The summed E-state index contributed by atoms with van der Waals surface area (Å²) >= 11 is 0. The summed E-state index contributed by atoms with van der Waals surface area (Å²) in [5, 5.41) is 0. The third-order valence-electron chi connectivity index (χ3n) is 4.30. The van der Waals surface area contributed by atoms with Crippen LogP contribution in [0, 0.1) is 0 Å². The average Bonchev–Trinajstić information content (AvgIpc) is 2.52. The molecule has 2 nitrogen and oxygen atoms in total. The Kier molecular flexibility index (Phi) is 5.48. The molecular weight excluding hydrogens is 291 g/mol. The molecule has 0 saturated carbocycles. The van der Waals surface area contributed by atoms with Gasteiger partial charge in [0.2, 0.25) is 5.91 Å². The number of nitrogens with zero attached hydrogens (tertiary/aromatic N) is 1. The number of hydrogen-bond donors (Lipinski definition) is 0. The highest BCUT2D eigenvalue weighted by molar-refractivity contribution is 5.76. The lowest BCUT2D eigenvalue weighted by Crippen LogP contribution is -2.37. The van der Waals surface area contributed by atoms with Crippen LogP contribution in [-0.2, 0) is 11.0 Å². The van der Waals surface area contributed by atoms with Crippen LogP contribution in [0.4, 0.5) is 13.2 Å². The molecule has 0 spiro atoms. The number of unbranched alkanes of at least 4 members (excludes halogenated alkanes) is 1. The second-order valence-electron chi connectivity index (χ2n) is 5.88. The number of rotatable bonds is 4. The summed E-state index contributed by atoms with van der Waals surface area (Å²) in [6.07, 6.45) is -0.118. The first-order valence-corrected chi connectivity index (χ1v) is 7.86. The Morgan fingerprint density at radius 3 is 2.27 bits per heavy atom. The van der Waals surface area contributed by atoms with E-state index in [2.05, 4.69) is 6.92 Å². The smallest absolute Gasteiger partial charge is 0.343 e. The predicted molar refractivity (Wildman–Crippen MR) is 79.5 cm³/mol. The lowest BCUT2D eigenvalue weighted by atomic mass is 9.89. The van der Waals surface area contributed by atoms with Crippen LogP contribution < -0.4 is 0 Å². The maximum atomic E-state index is 12.6. The van der Waals surface area contributed by atoms with Crippen molar-refractivity contribution < 1.29 is 18.0 Å². The monoisotopic (exact) mass is 313 g/mol. The summed E-state index contributed by atoms with van der Waals surface area (Å²) in [7, 11) is 0. The summed E-state index contributed by atoms with van der Waals surface area (Å²) in [6, 6.07) is 5.44. The van der Waals surface area contributed by atoms with Gasteiger partial charge in [0.25, 0.3) is 0 Å². The van der Waals surface area contributed by atoms with Gasteiger partial charge in [-0.25, -0.2) is 0 Å². The minimum atomic E-state index is -4.28. The molecule has 0 atom stereocenters. The summed E-state index contributed by atoms with van der Waals surface area (Å²) in [4.78, 5) is 13.8. The predicted octanol–water partition coefficient (Wildman–Crippen LogP) is 4.60. The number of likely N-dealkylation sites (tertiary alicyclic amines) is 1. The highest BCUT2D eigenvalue weighted by atomic mass is 19.4. The maximum absolute atomic E-state index is 12.6. The molecule has 0 aromatic heterocycles. The Morgan fingerprint density at radius 2 is 1.77 bits per heavy atom. The summed E-state index contributed by atoms with van der Waals surface area (Å²) in [5.74, 6) is 0.449. The lowest BCUT2D eigenvalue weighted by molar-refractivity contribution is -0.137. The highest BCUT2D eigenvalue weighted by Crippen LogP contribution is 2.33. The zero-order valence-corrected chi connectivity index (χ0v) is 12.8. The number of amides is 1. The number of piperidine rings is 1. The van der Waals surface area contributed by atoms with E-state index in [1.807, 2.05) is 4.90 Å². The van der Waals surface area contributed by atoms with Gasteiger partial charge in [-0.15, -0.1) is 0 Å². The average molecular weight is 313 g/mol. The van der Waals surface area contributed by atoms with Crippen LogP contribution in [0.15, 0.2) is 24.3 Å². The van der Waals surface area contributed by atoms with Crippen LogP contribution in [0.25, 0.3) is 0 Å². The van der Waals surface area contributed by atoms with E-state index in [1.165, 1.54) is 0 Å². The van der Waals surface area contributed by atoms with Gasteiger partial charge in [0.15, 0.2) is 0 Å². The molecule has 1 fully saturated rings. The Labute approximate surface area is 129 Å². The fraction of sp³-hybridized carbons (Fsp3) is 0.588. The Hall–Kier alpha value is -1.52. The van der Waals surface area contributed by atoms with E-state index in [4.69, 9.17) is 0 Å². The topological polar surface area (TPSA) is 20.3 Å². The van der Waals surface area contributed by atoms with E-state index < -0.39 is 11.7 Å². The molecule has 5 heteroatoms. The molecule has 1 aliphatic rings. The van der Waals surface area contributed by atoms with Crippen molar-refractivity contribution in [2.45, 2.75) is 51.1 Å². The largest absolute Gasteiger partial charge is 0.416 e. The molecule has 0 aliphatic carbocycles. The van der Waals surface area contributed by atoms with Gasteiger partial charge in [-0.2, -0.15) is 13.2 Å². The van der Waals surface area contributed by atoms with Gasteiger partial charge < -0.3 is 4.90 Å². The highest BCUT2D eigenvalue weighted by Gasteiger charge is 2.30. The first-order valence-electron chi connectivity index (χ1n) is 7.86. The number of halogens is 3. The van der Waals surface area contributed by atoms with Crippen molar-refractivity contribution in [2.24, 2.45) is 0 Å². The second-order valence-corrected chi connectivity index (χ2v) is 5.88. The van der Waals surface area contributed by atoms with Crippen molar-refractivity contribution in [3.05, 3.63) is 35.4 Å². The van der Waals surface area contributed by atoms with Gasteiger partial charge >= 0.3 is 6.18 Å². The van der Waals surface area contributed by atoms with Crippen molar-refractivity contribution in [1.29, 1.82) is 0 Å². The summed E-state index contributed by atoms with van der Waals surface area (Å²) in [6.45, 7) is 3.46. The molecular formula is C17H22F3NO. The van der Waals surface area contributed by atoms with Crippen LogP contribution in [0.5, 0.6) is 0 Å². The molecule has 0 radical (unpaired) electrons. The number of carbonyl (C=O) groups is 1. The fourth-order valence-corrected chi connectivity index (χ4v) is 2.89. The van der Waals surface area contributed by atoms with Crippen LogP contribution in [-0.4, -0.2) is 23.9 Å². The van der Waals surface area contributed by atoms with E-state index in [-0.39, 0.29) is 11.8 Å². The molecule has 122 valence electrons. The second kappa shape index (κ2) is 7.16. The summed E-state index contributed by atoms with van der Waals surface area (Å²) in [5.41, 5.74) is 0.331. The minimum absolute atomic E-state index is 0.202. The van der Waals surface area contributed by atoms with Crippen molar-refractivity contribution >= 4 is 5.91 Å². The number of hydrogen-bond acceptors (Lipinski definition) is 1. The Balaban J connectivity index is 1.90. The molecule has 1 aliphatic heterocycles. The van der Waals surface area contributed by atoms with Crippen molar-refractivity contribution in [2.75, 3.05) is 13.1 Å². The number of alkyl halides is 3. The first-order chi connectivity index (χ1) is 10.4. The molecule has 1 aromatic carbocycles. The molecule has 2 rings (SSSR count). The molecule has 0 unspecified atom stereocenters. The van der Waals surface area contributed by atoms with Crippen molar-refractivity contribution in [1.82, 2.24) is 4.90 Å². The van der Waals surface area contributed by atoms with E-state index in [9.17, 15) is 18.0 Å². The molecule has 1 amide bonds. The van der Waals surface area contributed by atoms with E-state index in [1.54, 1.807) is 12.1 Å². The van der Waals surface area contributed by atoms with Crippen LogP contribution in [0.3, 0.4) is 0 Å². The number of benzene rings is 1. The van der Waals surface area contributed by atoms with Crippen LogP contribution >= 0.6 is 0 Å². The van der Waals surface area contributed by atoms with E-state index in [0.29, 0.717) is 19.5 Å².